The molecule has 1 N–H and O–H groups in total. The van der Waals surface area contributed by atoms with Gasteiger partial charge in [-0.15, -0.1) is 0 Å². The van der Waals surface area contributed by atoms with Crippen molar-refractivity contribution in [2.45, 2.75) is 51.4 Å². The van der Waals surface area contributed by atoms with Crippen LogP contribution >= 0.6 is 0 Å². The van der Waals surface area contributed by atoms with Crippen molar-refractivity contribution in [2.75, 3.05) is 6.61 Å². The Kier molecular flexibility index (Phi) is 5.65. The summed E-state index contributed by atoms with van der Waals surface area (Å²) in [6.07, 6.45) is 7.17. The molecule has 1 rings (SSSR count). The predicted octanol–water partition coefficient (Wildman–Crippen LogP) is 2.37. The zero-order valence-corrected chi connectivity index (χ0v) is 10.5. The van der Waals surface area contributed by atoms with Crippen LogP contribution in [0.5, 0.6) is 0 Å². The lowest BCUT2D eigenvalue weighted by Gasteiger charge is -2.29. The van der Waals surface area contributed by atoms with E-state index in [1.54, 1.807) is 6.92 Å². The molecular formula is C13H22O4. The van der Waals surface area contributed by atoms with Gasteiger partial charge >= 0.3 is 11.9 Å². The summed E-state index contributed by atoms with van der Waals surface area (Å²) in [5, 5.41) is 9.94. The van der Waals surface area contributed by atoms with E-state index in [-0.39, 0.29) is 6.42 Å². The van der Waals surface area contributed by atoms with E-state index >= 15 is 0 Å². The Balaban J connectivity index is 2.38. The molecule has 4 heteroatoms. The van der Waals surface area contributed by atoms with Crippen LogP contribution in [0.15, 0.2) is 12.7 Å². The summed E-state index contributed by atoms with van der Waals surface area (Å²) in [4.78, 5) is 11.1. The molecule has 0 aliphatic heterocycles. The maximum Gasteiger partial charge on any atom is 0.334 e. The van der Waals surface area contributed by atoms with Crippen LogP contribution in [0.4, 0.5) is 0 Å². The van der Waals surface area contributed by atoms with Gasteiger partial charge < -0.3 is 14.6 Å². The smallest absolute Gasteiger partial charge is 0.334 e. The first-order valence-electron chi connectivity index (χ1n) is 6.31. The van der Waals surface area contributed by atoms with Crippen molar-refractivity contribution in [1.82, 2.24) is 0 Å². The van der Waals surface area contributed by atoms with Gasteiger partial charge in [0.1, 0.15) is 0 Å². The topological polar surface area (TPSA) is 55.8 Å². The average molecular weight is 242 g/mol. The van der Waals surface area contributed by atoms with Gasteiger partial charge in [0.15, 0.2) is 0 Å². The fraction of sp³-hybridized carbons (Fsp3) is 0.769. The lowest BCUT2D eigenvalue weighted by molar-refractivity contribution is -0.344. The largest absolute Gasteiger partial charge is 0.405 e. The molecule has 0 radical (unpaired) electrons. The highest BCUT2D eigenvalue weighted by Crippen LogP contribution is 2.26. The molecule has 0 amide bonds. The third-order valence-corrected chi connectivity index (χ3v) is 3.14. The van der Waals surface area contributed by atoms with Crippen LogP contribution in [-0.2, 0) is 14.3 Å². The molecule has 1 unspecified atom stereocenters. The van der Waals surface area contributed by atoms with Gasteiger partial charge in [0.2, 0.25) is 0 Å². The minimum absolute atomic E-state index is 0.208. The monoisotopic (exact) mass is 242 g/mol. The molecule has 4 nitrogen and oxygen atoms in total. The molecule has 1 saturated carbocycles. The van der Waals surface area contributed by atoms with Crippen molar-refractivity contribution < 1.29 is 19.4 Å². The second-order valence-electron chi connectivity index (χ2n) is 4.51. The Labute approximate surface area is 103 Å². The summed E-state index contributed by atoms with van der Waals surface area (Å²) in [5.74, 6) is -2.01. The van der Waals surface area contributed by atoms with Gasteiger partial charge in [-0.2, -0.15) is 0 Å². The second-order valence-corrected chi connectivity index (χ2v) is 4.51. The number of hydrogen-bond donors (Lipinski definition) is 1. The minimum atomic E-state index is -1.80. The Morgan fingerprint density at radius 2 is 2.12 bits per heavy atom. The summed E-state index contributed by atoms with van der Waals surface area (Å²) in [7, 11) is 0. The fourth-order valence-corrected chi connectivity index (χ4v) is 2.00. The molecular weight excluding hydrogens is 220 g/mol. The number of carbonyl (C=O) groups is 1. The van der Waals surface area contributed by atoms with Gasteiger partial charge in [0.25, 0.3) is 0 Å². The third kappa shape index (κ3) is 4.88. The average Bonchev–Trinajstić information content (AvgIpc) is 2.37. The van der Waals surface area contributed by atoms with E-state index in [1.165, 1.54) is 19.3 Å². The van der Waals surface area contributed by atoms with Crippen LogP contribution in [0.1, 0.15) is 45.4 Å². The second kappa shape index (κ2) is 6.77. The quantitative estimate of drug-likeness (QED) is 0.441. The number of ether oxygens (including phenoxy) is 2. The molecule has 0 aromatic carbocycles. The molecule has 1 aliphatic rings. The van der Waals surface area contributed by atoms with E-state index < -0.39 is 11.9 Å². The molecule has 0 bridgehead atoms. The molecule has 17 heavy (non-hydrogen) atoms. The third-order valence-electron chi connectivity index (χ3n) is 3.14. The first-order valence-corrected chi connectivity index (χ1v) is 6.31. The van der Waals surface area contributed by atoms with Crippen molar-refractivity contribution in [2.24, 2.45) is 5.92 Å². The molecule has 0 aromatic rings. The Bertz CT molecular complexity index is 258. The van der Waals surface area contributed by atoms with Gasteiger partial charge in [0.05, 0.1) is 6.61 Å². The van der Waals surface area contributed by atoms with E-state index in [9.17, 15) is 9.90 Å². The highest BCUT2D eigenvalue weighted by molar-refractivity contribution is 5.81. The van der Waals surface area contributed by atoms with Gasteiger partial charge in [-0.1, -0.05) is 32.8 Å². The van der Waals surface area contributed by atoms with Crippen molar-refractivity contribution in [3.8, 4) is 0 Å². The highest BCUT2D eigenvalue weighted by atomic mass is 16.8. The van der Waals surface area contributed by atoms with Crippen LogP contribution in [0.3, 0.4) is 0 Å². The van der Waals surface area contributed by atoms with Crippen molar-refractivity contribution in [3.63, 3.8) is 0 Å². The number of esters is 1. The lowest BCUT2D eigenvalue weighted by atomic mass is 9.90. The summed E-state index contributed by atoms with van der Waals surface area (Å²) >= 11 is 0. The Hall–Kier alpha value is -0.870. The molecule has 98 valence electrons. The van der Waals surface area contributed by atoms with Crippen LogP contribution in [0.2, 0.25) is 0 Å². The van der Waals surface area contributed by atoms with Gasteiger partial charge in [0, 0.05) is 12.5 Å². The number of carbonyl (C=O) groups excluding carboxylic acids is 1. The minimum Gasteiger partial charge on any atom is -0.405 e. The summed E-state index contributed by atoms with van der Waals surface area (Å²) in [6.45, 7) is 5.43. The standard InChI is InChI=1S/C13H22O4/c1-3-12(14)17-13(15,4-2)16-10-11-8-6-5-7-9-11/h3,11,15H,1,4-10H2,2H3. The Morgan fingerprint density at radius 1 is 1.47 bits per heavy atom. The molecule has 0 heterocycles. The lowest BCUT2D eigenvalue weighted by Crippen LogP contribution is -2.38. The van der Waals surface area contributed by atoms with Crippen molar-refractivity contribution in [3.05, 3.63) is 12.7 Å². The zero-order chi connectivity index (χ0) is 12.7. The number of rotatable bonds is 6. The molecule has 1 aliphatic carbocycles. The van der Waals surface area contributed by atoms with Gasteiger partial charge in [-0.25, -0.2) is 4.79 Å². The van der Waals surface area contributed by atoms with Gasteiger partial charge in [-0.05, 0) is 18.8 Å². The predicted molar refractivity (Wildman–Crippen MR) is 64.1 cm³/mol. The van der Waals surface area contributed by atoms with Crippen molar-refractivity contribution >= 4 is 5.97 Å². The summed E-state index contributed by atoms with van der Waals surface area (Å²) in [6, 6.07) is 0. The first-order chi connectivity index (χ1) is 8.09. The van der Waals surface area contributed by atoms with Crippen LogP contribution in [-0.4, -0.2) is 23.7 Å². The van der Waals surface area contributed by atoms with E-state index in [0.29, 0.717) is 12.5 Å². The highest BCUT2D eigenvalue weighted by Gasteiger charge is 2.31. The van der Waals surface area contributed by atoms with Crippen molar-refractivity contribution in [1.29, 1.82) is 0 Å². The molecule has 1 fully saturated rings. The van der Waals surface area contributed by atoms with E-state index in [1.807, 2.05) is 0 Å². The molecule has 1 atom stereocenters. The maximum atomic E-state index is 11.1. The fourth-order valence-electron chi connectivity index (χ4n) is 2.00. The van der Waals surface area contributed by atoms with Crippen LogP contribution < -0.4 is 0 Å². The summed E-state index contributed by atoms with van der Waals surface area (Å²) in [5.41, 5.74) is 0. The normalized spacial score (nSPS) is 20.6. The van der Waals surface area contributed by atoms with Crippen LogP contribution in [0, 0.1) is 5.92 Å². The van der Waals surface area contributed by atoms with E-state index in [2.05, 4.69) is 6.58 Å². The summed E-state index contributed by atoms with van der Waals surface area (Å²) < 4.78 is 10.2. The number of hydrogen-bond acceptors (Lipinski definition) is 4. The maximum absolute atomic E-state index is 11.1. The first kappa shape index (κ1) is 14.2. The Morgan fingerprint density at radius 3 is 2.65 bits per heavy atom. The molecule has 0 saturated heterocycles. The van der Waals surface area contributed by atoms with Crippen LogP contribution in [0.25, 0.3) is 0 Å². The van der Waals surface area contributed by atoms with E-state index in [4.69, 9.17) is 9.47 Å². The SMILES string of the molecule is C=CC(=O)OC(O)(CC)OCC1CCCCC1. The van der Waals surface area contributed by atoms with Gasteiger partial charge in [-0.3, -0.25) is 0 Å². The van der Waals surface area contributed by atoms with E-state index in [0.717, 1.165) is 18.9 Å². The molecule has 0 aromatic heterocycles. The number of aliphatic hydroxyl groups is 1. The zero-order valence-electron chi connectivity index (χ0n) is 10.5. The molecule has 0 spiro atoms.